The molecule has 2 aliphatic heterocycles. The summed E-state index contributed by atoms with van der Waals surface area (Å²) in [6.07, 6.45) is 3.97. The molecule has 2 aliphatic rings. The maximum absolute atomic E-state index is 13.1. The Labute approximate surface area is 151 Å². The molecule has 0 bridgehead atoms. The van der Waals surface area contributed by atoms with Crippen molar-refractivity contribution in [3.05, 3.63) is 53.9 Å². The number of pyridine rings is 1. The molecule has 0 aliphatic carbocycles. The number of hydrogen-bond acceptors (Lipinski definition) is 5. The summed E-state index contributed by atoms with van der Waals surface area (Å²) in [7, 11) is 0. The lowest BCUT2D eigenvalue weighted by Gasteiger charge is -2.28. The van der Waals surface area contributed by atoms with Gasteiger partial charge in [-0.15, -0.1) is 10.2 Å². The Morgan fingerprint density at radius 3 is 2.96 bits per heavy atom. The number of nitrogens with zero attached hydrogens (tertiary/aromatic N) is 5. The van der Waals surface area contributed by atoms with Gasteiger partial charge in [0.1, 0.15) is 11.5 Å². The van der Waals surface area contributed by atoms with E-state index in [-0.39, 0.29) is 5.91 Å². The Morgan fingerprint density at radius 1 is 1.15 bits per heavy atom. The molecule has 1 saturated heterocycles. The molecule has 1 aromatic carbocycles. The number of nitrogens with one attached hydrogen (secondary N) is 1. The zero-order valence-electron chi connectivity index (χ0n) is 14.4. The van der Waals surface area contributed by atoms with Crippen LogP contribution in [0.15, 0.2) is 36.5 Å². The SMILES string of the molecule is O=C(c1nccc2ccccc12)N1CCn2c(nnc2[C@@H]2CCCN2)C1. The average Bonchev–Trinajstić information content (AvgIpc) is 3.35. The monoisotopic (exact) mass is 348 g/mol. The maximum atomic E-state index is 13.1. The second-order valence-corrected chi connectivity index (χ2v) is 6.88. The second-order valence-electron chi connectivity index (χ2n) is 6.88. The number of carbonyl (C=O) groups is 1. The van der Waals surface area contributed by atoms with Crippen molar-refractivity contribution in [1.29, 1.82) is 0 Å². The fourth-order valence-electron chi connectivity index (χ4n) is 3.96. The molecule has 7 nitrogen and oxygen atoms in total. The first-order valence-electron chi connectivity index (χ1n) is 9.09. The van der Waals surface area contributed by atoms with E-state index in [0.717, 1.165) is 41.9 Å². The number of benzene rings is 1. The van der Waals surface area contributed by atoms with Gasteiger partial charge in [0.05, 0.1) is 12.6 Å². The van der Waals surface area contributed by atoms with Gasteiger partial charge in [0, 0.05) is 24.7 Å². The predicted molar refractivity (Wildman–Crippen MR) is 96.5 cm³/mol. The van der Waals surface area contributed by atoms with Crippen molar-refractivity contribution in [3.63, 3.8) is 0 Å². The number of hydrogen-bond donors (Lipinski definition) is 1. The van der Waals surface area contributed by atoms with Crippen molar-refractivity contribution < 1.29 is 4.79 Å². The van der Waals surface area contributed by atoms with Gasteiger partial charge >= 0.3 is 0 Å². The molecule has 2 aromatic heterocycles. The summed E-state index contributed by atoms with van der Waals surface area (Å²) in [6.45, 7) is 2.88. The molecule has 26 heavy (non-hydrogen) atoms. The van der Waals surface area contributed by atoms with E-state index in [4.69, 9.17) is 0 Å². The molecule has 0 radical (unpaired) electrons. The van der Waals surface area contributed by atoms with E-state index in [1.54, 1.807) is 6.20 Å². The van der Waals surface area contributed by atoms with Gasteiger partial charge in [-0.25, -0.2) is 0 Å². The molecule has 3 aromatic rings. The van der Waals surface area contributed by atoms with Crippen LogP contribution in [0.3, 0.4) is 0 Å². The highest BCUT2D eigenvalue weighted by molar-refractivity contribution is 6.05. The second kappa shape index (κ2) is 6.17. The van der Waals surface area contributed by atoms with Gasteiger partial charge in [-0.05, 0) is 30.8 Å². The quantitative estimate of drug-likeness (QED) is 0.766. The Bertz CT molecular complexity index is 970. The first kappa shape index (κ1) is 15.5. The summed E-state index contributed by atoms with van der Waals surface area (Å²) >= 11 is 0. The molecule has 5 rings (SSSR count). The Morgan fingerprint density at radius 2 is 2.08 bits per heavy atom. The van der Waals surface area contributed by atoms with E-state index < -0.39 is 0 Å². The number of amides is 1. The van der Waals surface area contributed by atoms with Gasteiger partial charge in [0.25, 0.3) is 5.91 Å². The van der Waals surface area contributed by atoms with Crippen LogP contribution in [-0.4, -0.2) is 43.6 Å². The van der Waals surface area contributed by atoms with Crippen molar-refractivity contribution in [2.24, 2.45) is 0 Å². The Kier molecular flexibility index (Phi) is 3.67. The third-order valence-electron chi connectivity index (χ3n) is 5.32. The fraction of sp³-hybridized carbons (Fsp3) is 0.368. The number of aromatic nitrogens is 4. The highest BCUT2D eigenvalue weighted by Crippen LogP contribution is 2.25. The highest BCUT2D eigenvalue weighted by atomic mass is 16.2. The van der Waals surface area contributed by atoms with Crippen LogP contribution in [0.25, 0.3) is 10.8 Å². The van der Waals surface area contributed by atoms with Crippen molar-refractivity contribution in [1.82, 2.24) is 30.0 Å². The van der Waals surface area contributed by atoms with Crippen LogP contribution < -0.4 is 5.32 Å². The minimum atomic E-state index is -0.0448. The van der Waals surface area contributed by atoms with Gasteiger partial charge < -0.3 is 14.8 Å². The summed E-state index contributed by atoms with van der Waals surface area (Å²) in [5.41, 5.74) is 0.508. The smallest absolute Gasteiger partial charge is 0.273 e. The minimum absolute atomic E-state index is 0.0448. The normalized spacial score (nSPS) is 19.7. The molecule has 1 fully saturated rings. The maximum Gasteiger partial charge on any atom is 0.273 e. The Balaban J connectivity index is 1.43. The lowest BCUT2D eigenvalue weighted by molar-refractivity contribution is 0.0702. The van der Waals surface area contributed by atoms with Crippen molar-refractivity contribution in [2.75, 3.05) is 13.1 Å². The van der Waals surface area contributed by atoms with Crippen LogP contribution >= 0.6 is 0 Å². The van der Waals surface area contributed by atoms with Gasteiger partial charge in [0.15, 0.2) is 5.82 Å². The molecule has 1 atom stereocenters. The summed E-state index contributed by atoms with van der Waals surface area (Å²) in [6, 6.07) is 10.1. The molecule has 0 unspecified atom stereocenters. The molecule has 7 heteroatoms. The minimum Gasteiger partial charge on any atom is -0.328 e. The number of rotatable bonds is 2. The zero-order valence-corrected chi connectivity index (χ0v) is 14.4. The fourth-order valence-corrected chi connectivity index (χ4v) is 3.96. The van der Waals surface area contributed by atoms with Crippen LogP contribution in [0, 0.1) is 0 Å². The number of carbonyl (C=O) groups excluding carboxylic acids is 1. The summed E-state index contributed by atoms with van der Waals surface area (Å²) in [5.74, 6) is 1.82. The standard InChI is InChI=1S/C19H20N6O/c26-19(17-14-5-2-1-4-13(14)7-9-21-17)24-10-11-25-16(12-24)22-23-18(25)15-6-3-8-20-15/h1-2,4-5,7,9,15,20H,3,6,8,10-12H2/t15-/m0/s1. The van der Waals surface area contributed by atoms with Crippen LogP contribution in [0.1, 0.15) is 41.0 Å². The number of fused-ring (bicyclic) bond motifs is 2. The molecular weight excluding hydrogens is 328 g/mol. The van der Waals surface area contributed by atoms with E-state index >= 15 is 0 Å². The first-order valence-corrected chi connectivity index (χ1v) is 9.09. The van der Waals surface area contributed by atoms with Crippen LogP contribution in [0.4, 0.5) is 0 Å². The topological polar surface area (TPSA) is 75.9 Å². The average molecular weight is 348 g/mol. The van der Waals surface area contributed by atoms with E-state index in [9.17, 15) is 4.79 Å². The molecule has 0 saturated carbocycles. The van der Waals surface area contributed by atoms with Gasteiger partial charge in [-0.3, -0.25) is 9.78 Å². The predicted octanol–water partition coefficient (Wildman–Crippen LogP) is 1.91. The van der Waals surface area contributed by atoms with Gasteiger partial charge in [-0.1, -0.05) is 24.3 Å². The molecule has 1 amide bonds. The van der Waals surface area contributed by atoms with E-state index in [0.29, 0.717) is 24.8 Å². The molecule has 132 valence electrons. The van der Waals surface area contributed by atoms with Gasteiger partial charge in [-0.2, -0.15) is 0 Å². The lowest BCUT2D eigenvalue weighted by Crippen LogP contribution is -2.39. The lowest BCUT2D eigenvalue weighted by atomic mass is 10.1. The third kappa shape index (κ3) is 2.47. The molecule has 0 spiro atoms. The Hall–Kier alpha value is -2.80. The van der Waals surface area contributed by atoms with Gasteiger partial charge in [0.2, 0.25) is 0 Å². The molecule has 4 heterocycles. The van der Waals surface area contributed by atoms with E-state index in [2.05, 4.69) is 25.1 Å². The largest absolute Gasteiger partial charge is 0.328 e. The molecule has 1 N–H and O–H groups in total. The van der Waals surface area contributed by atoms with Crippen molar-refractivity contribution in [3.8, 4) is 0 Å². The molecular formula is C19H20N6O. The first-order chi connectivity index (χ1) is 12.8. The zero-order chi connectivity index (χ0) is 17.5. The van der Waals surface area contributed by atoms with Crippen molar-refractivity contribution in [2.45, 2.75) is 32.0 Å². The van der Waals surface area contributed by atoms with Crippen molar-refractivity contribution >= 4 is 16.7 Å². The highest BCUT2D eigenvalue weighted by Gasteiger charge is 2.30. The van der Waals surface area contributed by atoms with E-state index in [1.165, 1.54) is 6.42 Å². The van der Waals surface area contributed by atoms with Crippen LogP contribution in [-0.2, 0) is 13.1 Å². The summed E-state index contributed by atoms with van der Waals surface area (Å²) in [5, 5.41) is 14.1. The summed E-state index contributed by atoms with van der Waals surface area (Å²) < 4.78 is 2.17. The third-order valence-corrected chi connectivity index (χ3v) is 5.32. The van der Waals surface area contributed by atoms with E-state index in [1.807, 2.05) is 35.2 Å². The van der Waals surface area contributed by atoms with Crippen LogP contribution in [0.5, 0.6) is 0 Å². The van der Waals surface area contributed by atoms with Crippen LogP contribution in [0.2, 0.25) is 0 Å². The summed E-state index contributed by atoms with van der Waals surface area (Å²) in [4.78, 5) is 19.3.